The number of carbonyl (C=O) groups is 4. The number of amides is 6. The van der Waals surface area contributed by atoms with E-state index in [1.807, 2.05) is 0 Å². The lowest BCUT2D eigenvalue weighted by Crippen LogP contribution is -2.45. The van der Waals surface area contributed by atoms with Crippen LogP contribution in [0, 0.1) is 5.82 Å². The number of nitrogens with one attached hydrogen (secondary N) is 2. The first-order chi connectivity index (χ1) is 11.3. The van der Waals surface area contributed by atoms with Crippen molar-refractivity contribution in [2.45, 2.75) is 12.5 Å². The van der Waals surface area contributed by atoms with Crippen LogP contribution in [0.3, 0.4) is 0 Å². The summed E-state index contributed by atoms with van der Waals surface area (Å²) in [6.45, 7) is 1.28. The third kappa shape index (κ3) is 2.38. The molecule has 6 amide bonds. The predicted molar refractivity (Wildman–Crippen MR) is 79.1 cm³/mol. The lowest BCUT2D eigenvalue weighted by molar-refractivity contribution is -0.137. The molecule has 1 aromatic rings. The van der Waals surface area contributed by atoms with E-state index in [9.17, 15) is 23.6 Å². The van der Waals surface area contributed by atoms with Crippen molar-refractivity contribution in [3.05, 3.63) is 35.6 Å². The summed E-state index contributed by atoms with van der Waals surface area (Å²) >= 11 is 0. The molecular weight excluding hydrogens is 319 g/mol. The normalized spacial score (nSPS) is 23.5. The van der Waals surface area contributed by atoms with Gasteiger partial charge in [0.15, 0.2) is 0 Å². The SMILES string of the molecule is C[C@@]1(c2ccccc2F)NC(=O)N(CC(=O)N2CCNC2=O)C1=O. The van der Waals surface area contributed by atoms with Crippen LogP contribution in [0.25, 0.3) is 0 Å². The minimum Gasteiger partial charge on any atom is -0.336 e. The van der Waals surface area contributed by atoms with Crippen LogP contribution in [-0.4, -0.2) is 53.3 Å². The molecule has 2 aliphatic rings. The van der Waals surface area contributed by atoms with Gasteiger partial charge in [0.25, 0.3) is 11.8 Å². The van der Waals surface area contributed by atoms with Crippen molar-refractivity contribution in [1.29, 1.82) is 0 Å². The van der Waals surface area contributed by atoms with Crippen molar-refractivity contribution in [2.24, 2.45) is 0 Å². The van der Waals surface area contributed by atoms with Gasteiger partial charge in [-0.25, -0.2) is 14.0 Å². The molecule has 9 heteroatoms. The van der Waals surface area contributed by atoms with E-state index in [1.54, 1.807) is 6.07 Å². The monoisotopic (exact) mass is 334 g/mol. The summed E-state index contributed by atoms with van der Waals surface area (Å²) in [5, 5.41) is 4.88. The summed E-state index contributed by atoms with van der Waals surface area (Å²) in [6.07, 6.45) is 0. The topological polar surface area (TPSA) is 98.8 Å². The second kappa shape index (κ2) is 5.59. The predicted octanol–water partition coefficient (Wildman–Crippen LogP) is 0.145. The first-order valence-electron chi connectivity index (χ1n) is 7.32. The summed E-state index contributed by atoms with van der Waals surface area (Å²) in [5.41, 5.74) is -1.59. The van der Waals surface area contributed by atoms with E-state index in [-0.39, 0.29) is 12.1 Å². The molecule has 126 valence electrons. The molecular formula is C15H15FN4O4. The number of nitrogens with zero attached hydrogens (tertiary/aromatic N) is 2. The van der Waals surface area contributed by atoms with Crippen molar-refractivity contribution in [3.8, 4) is 0 Å². The molecule has 0 spiro atoms. The lowest BCUT2D eigenvalue weighted by Gasteiger charge is -2.23. The molecule has 1 aromatic carbocycles. The molecule has 1 atom stereocenters. The van der Waals surface area contributed by atoms with E-state index in [4.69, 9.17) is 0 Å². The lowest BCUT2D eigenvalue weighted by atomic mass is 9.91. The van der Waals surface area contributed by atoms with Crippen LogP contribution in [0.15, 0.2) is 24.3 Å². The molecule has 0 saturated carbocycles. The van der Waals surface area contributed by atoms with Crippen molar-refractivity contribution in [3.63, 3.8) is 0 Å². The molecule has 8 nitrogen and oxygen atoms in total. The molecule has 0 aromatic heterocycles. The number of halogens is 1. The molecule has 24 heavy (non-hydrogen) atoms. The summed E-state index contributed by atoms with van der Waals surface area (Å²) in [4.78, 5) is 50.0. The number of benzene rings is 1. The van der Waals surface area contributed by atoms with Gasteiger partial charge in [0.05, 0.1) is 0 Å². The Bertz CT molecular complexity index is 753. The van der Waals surface area contributed by atoms with Gasteiger partial charge in [0.1, 0.15) is 17.9 Å². The standard InChI is InChI=1S/C15H15FN4O4/c1-15(9-4-2-3-5-10(9)16)12(22)20(14(24)18-15)8-11(21)19-7-6-17-13(19)23/h2-5H,6-8H2,1H3,(H,17,23)(H,18,24)/t15-/m0/s1. The van der Waals surface area contributed by atoms with Crippen molar-refractivity contribution in [1.82, 2.24) is 20.4 Å². The molecule has 0 radical (unpaired) electrons. The van der Waals surface area contributed by atoms with Crippen molar-refractivity contribution in [2.75, 3.05) is 19.6 Å². The quantitative estimate of drug-likeness (QED) is 0.769. The second-order valence-electron chi connectivity index (χ2n) is 5.70. The van der Waals surface area contributed by atoms with Gasteiger partial charge in [-0.15, -0.1) is 0 Å². The third-order valence-electron chi connectivity index (χ3n) is 4.14. The number of urea groups is 2. The Morgan fingerprint density at radius 1 is 1.25 bits per heavy atom. The average molecular weight is 334 g/mol. The fourth-order valence-electron chi connectivity index (χ4n) is 2.82. The van der Waals surface area contributed by atoms with Gasteiger partial charge in [-0.05, 0) is 13.0 Å². The van der Waals surface area contributed by atoms with E-state index >= 15 is 0 Å². The molecule has 2 fully saturated rings. The third-order valence-corrected chi connectivity index (χ3v) is 4.14. The largest absolute Gasteiger partial charge is 0.336 e. The zero-order valence-electron chi connectivity index (χ0n) is 12.8. The Morgan fingerprint density at radius 3 is 2.58 bits per heavy atom. The molecule has 2 aliphatic heterocycles. The smallest absolute Gasteiger partial charge is 0.325 e. The Balaban J connectivity index is 1.83. The van der Waals surface area contributed by atoms with Crippen molar-refractivity contribution < 1.29 is 23.6 Å². The van der Waals surface area contributed by atoms with E-state index in [0.29, 0.717) is 11.4 Å². The Hall–Kier alpha value is -2.97. The molecule has 0 unspecified atom stereocenters. The number of carbonyl (C=O) groups excluding carboxylic acids is 4. The maximum absolute atomic E-state index is 14.0. The highest BCUT2D eigenvalue weighted by atomic mass is 19.1. The van der Waals surface area contributed by atoms with E-state index in [2.05, 4.69) is 10.6 Å². The Labute approximate surface area is 136 Å². The number of hydrogen-bond acceptors (Lipinski definition) is 4. The molecule has 2 N–H and O–H groups in total. The van der Waals surface area contributed by atoms with Crippen LogP contribution in [0.4, 0.5) is 14.0 Å². The highest BCUT2D eigenvalue weighted by molar-refractivity contribution is 6.10. The van der Waals surface area contributed by atoms with E-state index < -0.39 is 41.8 Å². The van der Waals surface area contributed by atoms with Gasteiger partial charge in [-0.3, -0.25) is 19.4 Å². The van der Waals surface area contributed by atoms with Gasteiger partial charge < -0.3 is 10.6 Å². The second-order valence-corrected chi connectivity index (χ2v) is 5.70. The van der Waals surface area contributed by atoms with Gasteiger partial charge in [-0.1, -0.05) is 18.2 Å². The zero-order chi connectivity index (χ0) is 17.5. The summed E-state index contributed by atoms with van der Waals surface area (Å²) < 4.78 is 14.0. The van der Waals surface area contributed by atoms with Crippen LogP contribution in [0.5, 0.6) is 0 Å². The molecule has 0 bridgehead atoms. The first kappa shape index (κ1) is 15.9. The van der Waals surface area contributed by atoms with Gasteiger partial charge in [0.2, 0.25) is 0 Å². The minimum atomic E-state index is -1.60. The maximum Gasteiger partial charge on any atom is 0.325 e. The number of hydrogen-bond donors (Lipinski definition) is 2. The number of imide groups is 2. The van der Waals surface area contributed by atoms with Crippen LogP contribution in [0.1, 0.15) is 12.5 Å². The van der Waals surface area contributed by atoms with Gasteiger partial charge in [0, 0.05) is 18.7 Å². The van der Waals surface area contributed by atoms with Crippen LogP contribution < -0.4 is 10.6 Å². The minimum absolute atomic E-state index is 0.0113. The highest BCUT2D eigenvalue weighted by Gasteiger charge is 2.51. The maximum atomic E-state index is 14.0. The zero-order valence-corrected chi connectivity index (χ0v) is 12.8. The number of rotatable bonds is 3. The fourth-order valence-corrected chi connectivity index (χ4v) is 2.82. The first-order valence-corrected chi connectivity index (χ1v) is 7.32. The highest BCUT2D eigenvalue weighted by Crippen LogP contribution is 2.30. The molecule has 0 aliphatic carbocycles. The summed E-state index contributed by atoms with van der Waals surface area (Å²) in [7, 11) is 0. The Morgan fingerprint density at radius 2 is 1.96 bits per heavy atom. The van der Waals surface area contributed by atoms with Crippen LogP contribution in [0.2, 0.25) is 0 Å². The summed E-state index contributed by atoms with van der Waals surface area (Å²) in [5.74, 6) is -2.06. The van der Waals surface area contributed by atoms with Gasteiger partial charge in [-0.2, -0.15) is 0 Å². The Kier molecular flexibility index (Phi) is 3.70. The van der Waals surface area contributed by atoms with Gasteiger partial charge >= 0.3 is 12.1 Å². The van der Waals surface area contributed by atoms with E-state index in [1.165, 1.54) is 25.1 Å². The molecule has 2 heterocycles. The molecule has 3 rings (SSSR count). The summed E-state index contributed by atoms with van der Waals surface area (Å²) in [6, 6.07) is 4.22. The fraction of sp³-hybridized carbons (Fsp3) is 0.333. The van der Waals surface area contributed by atoms with E-state index in [0.717, 1.165) is 4.90 Å². The molecule has 2 saturated heterocycles. The van der Waals surface area contributed by atoms with Crippen molar-refractivity contribution >= 4 is 23.9 Å². The van der Waals surface area contributed by atoms with Crippen LogP contribution >= 0.6 is 0 Å². The van der Waals surface area contributed by atoms with Crippen LogP contribution in [-0.2, 0) is 15.1 Å². The average Bonchev–Trinajstić information content (AvgIpc) is 3.05.